The van der Waals surface area contributed by atoms with Crippen LogP contribution in [0, 0.1) is 0 Å². The average Bonchev–Trinajstić information content (AvgIpc) is 3.27. The molecule has 0 saturated carbocycles. The van der Waals surface area contributed by atoms with Gasteiger partial charge in [0, 0.05) is 25.1 Å². The van der Waals surface area contributed by atoms with Gasteiger partial charge >= 0.3 is 0 Å². The maximum atomic E-state index is 13.1. The fourth-order valence-corrected chi connectivity index (χ4v) is 4.28. The van der Waals surface area contributed by atoms with Gasteiger partial charge in [-0.1, -0.05) is 12.1 Å². The number of carbonyl (C=O) groups is 2. The Balaban J connectivity index is 1.80. The predicted octanol–water partition coefficient (Wildman–Crippen LogP) is 3.00. The highest BCUT2D eigenvalue weighted by molar-refractivity contribution is 6.46. The first kappa shape index (κ1) is 21.9. The molecule has 0 aromatic heterocycles. The van der Waals surface area contributed by atoms with Gasteiger partial charge in [-0.2, -0.15) is 0 Å². The van der Waals surface area contributed by atoms with Crippen molar-refractivity contribution >= 4 is 17.4 Å². The number of likely N-dealkylation sites (N-methyl/N-ethyl adjacent to an activating group) is 1. The molecule has 0 unspecified atom stereocenters. The third kappa shape index (κ3) is 3.96. The number of hydrogen-bond donors (Lipinski definition) is 1. The second-order valence-corrected chi connectivity index (χ2v) is 8.52. The Bertz CT molecular complexity index is 1070. The topological polar surface area (TPSA) is 79.3 Å². The van der Waals surface area contributed by atoms with E-state index in [4.69, 9.17) is 9.47 Å². The Morgan fingerprint density at radius 3 is 2.56 bits per heavy atom. The van der Waals surface area contributed by atoms with Crippen molar-refractivity contribution in [3.63, 3.8) is 0 Å². The summed E-state index contributed by atoms with van der Waals surface area (Å²) >= 11 is 0. The van der Waals surface area contributed by atoms with Gasteiger partial charge in [0.1, 0.15) is 23.4 Å². The highest BCUT2D eigenvalue weighted by Crippen LogP contribution is 2.40. The molecule has 2 aliphatic heterocycles. The Hall–Kier alpha value is -3.32. The van der Waals surface area contributed by atoms with E-state index >= 15 is 0 Å². The molecular formula is C25H28N2O5. The fraction of sp³-hybridized carbons (Fsp3) is 0.360. The van der Waals surface area contributed by atoms with Crippen LogP contribution < -0.4 is 9.47 Å². The molecule has 168 valence electrons. The van der Waals surface area contributed by atoms with E-state index in [9.17, 15) is 14.7 Å². The van der Waals surface area contributed by atoms with Crippen molar-refractivity contribution in [2.45, 2.75) is 25.5 Å². The standard InChI is InChI=1S/C25H28N2O5/c1-15-13-18-14-17(7-10-20(18)32-15)23(28)21-22(16-5-8-19(31-4)9-6-16)27(12-11-26(2)3)25(30)24(21)29/h5-10,14-15,22,28H,11-13H2,1-4H3/t15-,22-/m0/s1. The second-order valence-electron chi connectivity index (χ2n) is 8.52. The van der Waals surface area contributed by atoms with Gasteiger partial charge in [0.15, 0.2) is 0 Å². The molecule has 0 radical (unpaired) electrons. The molecule has 1 fully saturated rings. The molecule has 1 N–H and O–H groups in total. The van der Waals surface area contributed by atoms with Crippen LogP contribution in [0.4, 0.5) is 0 Å². The van der Waals surface area contributed by atoms with Crippen LogP contribution in [-0.4, -0.2) is 67.0 Å². The lowest BCUT2D eigenvalue weighted by atomic mass is 9.94. The first-order valence-electron chi connectivity index (χ1n) is 10.7. The van der Waals surface area contributed by atoms with Crippen LogP contribution in [0.2, 0.25) is 0 Å². The number of Topliss-reactive ketones (excluding diaryl/α,β-unsaturated/α-hetero) is 1. The zero-order valence-corrected chi connectivity index (χ0v) is 18.8. The van der Waals surface area contributed by atoms with Crippen LogP contribution in [0.1, 0.15) is 29.7 Å². The van der Waals surface area contributed by atoms with Crippen molar-refractivity contribution in [1.29, 1.82) is 0 Å². The first-order chi connectivity index (χ1) is 15.3. The number of nitrogens with zero attached hydrogens (tertiary/aromatic N) is 2. The molecule has 7 heteroatoms. The Kier molecular flexibility index (Phi) is 5.93. The van der Waals surface area contributed by atoms with Crippen molar-refractivity contribution in [3.8, 4) is 11.5 Å². The summed E-state index contributed by atoms with van der Waals surface area (Å²) in [4.78, 5) is 29.6. The summed E-state index contributed by atoms with van der Waals surface area (Å²) in [6, 6.07) is 11.9. The molecule has 2 aromatic rings. The van der Waals surface area contributed by atoms with Crippen molar-refractivity contribution in [1.82, 2.24) is 9.80 Å². The van der Waals surface area contributed by atoms with Gasteiger partial charge in [-0.05, 0) is 62.5 Å². The third-order valence-electron chi connectivity index (χ3n) is 5.93. The van der Waals surface area contributed by atoms with E-state index in [1.54, 1.807) is 31.4 Å². The number of aliphatic hydroxyl groups is 1. The van der Waals surface area contributed by atoms with Gasteiger partial charge in [-0.3, -0.25) is 9.59 Å². The number of ketones is 1. The maximum absolute atomic E-state index is 13.1. The summed E-state index contributed by atoms with van der Waals surface area (Å²) in [7, 11) is 5.40. The van der Waals surface area contributed by atoms with Crippen LogP contribution in [0.25, 0.3) is 5.76 Å². The lowest BCUT2D eigenvalue weighted by Crippen LogP contribution is -2.35. The van der Waals surface area contributed by atoms with Crippen molar-refractivity contribution in [3.05, 3.63) is 64.7 Å². The summed E-state index contributed by atoms with van der Waals surface area (Å²) in [5.74, 6) is 0.0114. The van der Waals surface area contributed by atoms with Gasteiger partial charge in [0.2, 0.25) is 0 Å². The van der Waals surface area contributed by atoms with E-state index in [-0.39, 0.29) is 17.4 Å². The zero-order valence-electron chi connectivity index (χ0n) is 18.8. The van der Waals surface area contributed by atoms with Gasteiger partial charge < -0.3 is 24.4 Å². The number of rotatable bonds is 6. The van der Waals surface area contributed by atoms with E-state index in [0.29, 0.717) is 24.4 Å². The summed E-state index contributed by atoms with van der Waals surface area (Å²) in [5.41, 5.74) is 2.32. The zero-order chi connectivity index (χ0) is 23.0. The number of methoxy groups -OCH3 is 1. The van der Waals surface area contributed by atoms with E-state index in [2.05, 4.69) is 0 Å². The van der Waals surface area contributed by atoms with Crippen molar-refractivity contribution in [2.75, 3.05) is 34.3 Å². The molecule has 4 rings (SSSR count). The quantitative estimate of drug-likeness (QED) is 0.426. The Morgan fingerprint density at radius 2 is 1.91 bits per heavy atom. The minimum absolute atomic E-state index is 0.0679. The Morgan fingerprint density at radius 1 is 1.19 bits per heavy atom. The molecule has 32 heavy (non-hydrogen) atoms. The lowest BCUT2D eigenvalue weighted by Gasteiger charge is -2.26. The van der Waals surface area contributed by atoms with Crippen LogP contribution in [-0.2, 0) is 16.0 Å². The molecule has 2 aromatic carbocycles. The van der Waals surface area contributed by atoms with E-state index in [0.717, 1.165) is 23.3 Å². The van der Waals surface area contributed by atoms with E-state index < -0.39 is 17.7 Å². The molecule has 2 aliphatic rings. The molecule has 0 aliphatic carbocycles. The second kappa shape index (κ2) is 8.67. The summed E-state index contributed by atoms with van der Waals surface area (Å²) in [6.07, 6.45) is 0.800. The third-order valence-corrected chi connectivity index (χ3v) is 5.93. The first-order valence-corrected chi connectivity index (χ1v) is 10.7. The van der Waals surface area contributed by atoms with Gasteiger partial charge in [-0.15, -0.1) is 0 Å². The smallest absolute Gasteiger partial charge is 0.295 e. The number of likely N-dealkylation sites (tertiary alicyclic amines) is 1. The molecular weight excluding hydrogens is 408 g/mol. The number of amides is 1. The predicted molar refractivity (Wildman–Crippen MR) is 121 cm³/mol. The van der Waals surface area contributed by atoms with Crippen LogP contribution in [0.5, 0.6) is 11.5 Å². The maximum Gasteiger partial charge on any atom is 0.295 e. The fourth-order valence-electron chi connectivity index (χ4n) is 4.28. The van der Waals surface area contributed by atoms with Crippen LogP contribution >= 0.6 is 0 Å². The number of carbonyl (C=O) groups excluding carboxylic acids is 2. The van der Waals surface area contributed by atoms with Gasteiger partial charge in [0.25, 0.3) is 11.7 Å². The Labute approximate surface area is 187 Å². The number of fused-ring (bicyclic) bond motifs is 1. The molecule has 0 bridgehead atoms. The number of ether oxygens (including phenoxy) is 2. The largest absolute Gasteiger partial charge is 0.507 e. The molecule has 2 heterocycles. The monoisotopic (exact) mass is 436 g/mol. The van der Waals surface area contributed by atoms with Gasteiger partial charge in [-0.25, -0.2) is 0 Å². The van der Waals surface area contributed by atoms with Gasteiger partial charge in [0.05, 0.1) is 18.7 Å². The highest BCUT2D eigenvalue weighted by Gasteiger charge is 2.46. The molecule has 7 nitrogen and oxygen atoms in total. The minimum Gasteiger partial charge on any atom is -0.507 e. The van der Waals surface area contributed by atoms with Crippen molar-refractivity contribution in [2.24, 2.45) is 0 Å². The summed E-state index contributed by atoms with van der Waals surface area (Å²) < 4.78 is 11.0. The average molecular weight is 437 g/mol. The molecule has 1 saturated heterocycles. The number of hydrogen-bond acceptors (Lipinski definition) is 6. The van der Waals surface area contributed by atoms with Crippen LogP contribution in [0.3, 0.4) is 0 Å². The lowest BCUT2D eigenvalue weighted by molar-refractivity contribution is -0.140. The molecule has 2 atom stereocenters. The molecule has 0 spiro atoms. The van der Waals surface area contributed by atoms with Crippen molar-refractivity contribution < 1.29 is 24.2 Å². The highest BCUT2D eigenvalue weighted by atomic mass is 16.5. The summed E-state index contributed by atoms with van der Waals surface area (Å²) in [6.45, 7) is 2.94. The van der Waals surface area contributed by atoms with E-state index in [1.165, 1.54) is 4.90 Å². The normalized spacial score (nSPS) is 21.7. The van der Waals surface area contributed by atoms with E-state index in [1.807, 2.05) is 44.1 Å². The van der Waals surface area contributed by atoms with Crippen LogP contribution in [0.15, 0.2) is 48.0 Å². The number of aliphatic hydroxyl groups excluding tert-OH is 1. The SMILES string of the molecule is COc1ccc([C@H]2C(=C(O)c3ccc4c(c3)C[C@H](C)O4)C(=O)C(=O)N2CCN(C)C)cc1. The summed E-state index contributed by atoms with van der Waals surface area (Å²) in [5, 5.41) is 11.2. The number of benzene rings is 2. The molecule has 1 amide bonds. The minimum atomic E-state index is -0.677.